The van der Waals surface area contributed by atoms with Gasteiger partial charge in [-0.25, -0.2) is 4.99 Å². The van der Waals surface area contributed by atoms with Crippen LogP contribution in [0.5, 0.6) is 0 Å². The molecule has 0 fully saturated rings. The van der Waals surface area contributed by atoms with Gasteiger partial charge in [-0.05, 0) is 18.3 Å². The van der Waals surface area contributed by atoms with E-state index < -0.39 is 5.92 Å². The quantitative estimate of drug-likeness (QED) is 0.603. The van der Waals surface area contributed by atoms with Gasteiger partial charge in [-0.15, -0.1) is 6.58 Å². The molecule has 0 saturated carbocycles. The molecule has 2 aliphatic rings. The summed E-state index contributed by atoms with van der Waals surface area (Å²) in [7, 11) is 0. The van der Waals surface area contributed by atoms with Gasteiger partial charge in [0.1, 0.15) is 6.54 Å². The number of amides is 2. The Morgan fingerprint density at radius 2 is 2.37 bits per heavy atom. The number of carbonyl (C=O) groups excluding carboxylic acids is 2. The van der Waals surface area contributed by atoms with E-state index in [0.29, 0.717) is 12.3 Å². The number of rotatable bonds is 4. The number of nitrogens with zero attached hydrogens (tertiary/aromatic N) is 2. The van der Waals surface area contributed by atoms with E-state index >= 15 is 0 Å². The van der Waals surface area contributed by atoms with E-state index in [4.69, 9.17) is 12.2 Å². The molecule has 0 saturated heterocycles. The first kappa shape index (κ1) is 13.4. The summed E-state index contributed by atoms with van der Waals surface area (Å²) in [6, 6.07) is 0. The van der Waals surface area contributed by atoms with E-state index in [1.807, 2.05) is 0 Å². The smallest absolute Gasteiger partial charge is 0.242 e. The van der Waals surface area contributed by atoms with Gasteiger partial charge in [-0.1, -0.05) is 24.3 Å². The van der Waals surface area contributed by atoms with Gasteiger partial charge in [0, 0.05) is 6.54 Å². The predicted octanol–water partition coefficient (Wildman–Crippen LogP) is 0.599. The molecule has 1 aliphatic carbocycles. The summed E-state index contributed by atoms with van der Waals surface area (Å²) < 4.78 is 0. The highest BCUT2D eigenvalue weighted by Crippen LogP contribution is 2.19. The summed E-state index contributed by atoms with van der Waals surface area (Å²) >= 11 is 5.06. The first-order valence-corrected chi connectivity index (χ1v) is 6.20. The number of thiocarbonyl (C=S) groups is 1. The molecule has 2 rings (SSSR count). The lowest BCUT2D eigenvalue weighted by Crippen LogP contribution is -2.49. The Morgan fingerprint density at radius 3 is 3.11 bits per heavy atom. The summed E-state index contributed by atoms with van der Waals surface area (Å²) in [5.74, 6) is -0.946. The van der Waals surface area contributed by atoms with E-state index in [-0.39, 0.29) is 23.5 Å². The molecule has 1 atom stereocenters. The SMILES string of the molecule is C=CCNC(=O)CN1C(=O)C2C=CC=CC2=NC1=S. The minimum absolute atomic E-state index is 0.115. The van der Waals surface area contributed by atoms with Crippen molar-refractivity contribution in [2.75, 3.05) is 13.1 Å². The highest BCUT2D eigenvalue weighted by molar-refractivity contribution is 7.80. The van der Waals surface area contributed by atoms with Crippen molar-refractivity contribution in [2.45, 2.75) is 0 Å². The molecule has 2 amide bonds. The van der Waals surface area contributed by atoms with Crippen molar-refractivity contribution in [2.24, 2.45) is 10.9 Å². The fraction of sp³-hybridized carbons (Fsp3) is 0.231. The standard InChI is InChI=1S/C13H13N3O2S/c1-2-7-14-11(17)8-16-12(18)9-5-3-4-6-10(9)15-13(16)19/h2-6,9H,1,7-8H2,(H,14,17). The highest BCUT2D eigenvalue weighted by Gasteiger charge is 2.34. The maximum Gasteiger partial charge on any atom is 0.242 e. The molecule has 98 valence electrons. The van der Waals surface area contributed by atoms with Gasteiger partial charge in [0.05, 0.1) is 11.6 Å². The Balaban J connectivity index is 2.12. The lowest BCUT2D eigenvalue weighted by atomic mass is 9.95. The average Bonchev–Trinajstić information content (AvgIpc) is 2.41. The van der Waals surface area contributed by atoms with Gasteiger partial charge in [-0.2, -0.15) is 0 Å². The zero-order valence-electron chi connectivity index (χ0n) is 10.2. The molecule has 0 aromatic rings. The van der Waals surface area contributed by atoms with Crippen molar-refractivity contribution in [1.82, 2.24) is 10.2 Å². The van der Waals surface area contributed by atoms with Crippen LogP contribution in [0.1, 0.15) is 0 Å². The van der Waals surface area contributed by atoms with E-state index in [0.717, 1.165) is 0 Å². The fourth-order valence-corrected chi connectivity index (χ4v) is 2.07. The minimum Gasteiger partial charge on any atom is -0.351 e. The first-order valence-electron chi connectivity index (χ1n) is 5.80. The number of carbonyl (C=O) groups is 2. The van der Waals surface area contributed by atoms with Crippen LogP contribution in [-0.2, 0) is 9.59 Å². The van der Waals surface area contributed by atoms with Crippen molar-refractivity contribution in [3.8, 4) is 0 Å². The maximum absolute atomic E-state index is 12.3. The lowest BCUT2D eigenvalue weighted by molar-refractivity contribution is -0.133. The molecule has 0 aromatic heterocycles. The third-order valence-corrected chi connectivity index (χ3v) is 3.04. The van der Waals surface area contributed by atoms with Crippen LogP contribution in [-0.4, -0.2) is 40.6 Å². The Morgan fingerprint density at radius 1 is 1.58 bits per heavy atom. The van der Waals surface area contributed by atoms with Crippen LogP contribution < -0.4 is 5.32 Å². The van der Waals surface area contributed by atoms with Crippen molar-refractivity contribution in [3.63, 3.8) is 0 Å². The summed E-state index contributed by atoms with van der Waals surface area (Å²) in [5.41, 5.74) is 0.625. The molecule has 1 aliphatic heterocycles. The number of nitrogens with one attached hydrogen (secondary N) is 1. The van der Waals surface area contributed by atoms with E-state index in [9.17, 15) is 9.59 Å². The third-order valence-electron chi connectivity index (χ3n) is 2.73. The van der Waals surface area contributed by atoms with Crippen molar-refractivity contribution in [1.29, 1.82) is 0 Å². The molecule has 1 heterocycles. The van der Waals surface area contributed by atoms with Gasteiger partial charge in [0.15, 0.2) is 0 Å². The highest BCUT2D eigenvalue weighted by atomic mass is 32.1. The third kappa shape index (κ3) is 2.85. The van der Waals surface area contributed by atoms with Crippen LogP contribution in [0, 0.1) is 5.92 Å². The van der Waals surface area contributed by atoms with Gasteiger partial charge in [0.2, 0.25) is 16.9 Å². The molecule has 5 nitrogen and oxygen atoms in total. The minimum atomic E-state index is -0.441. The molecule has 1 unspecified atom stereocenters. The monoisotopic (exact) mass is 275 g/mol. The zero-order valence-corrected chi connectivity index (χ0v) is 11.0. The zero-order chi connectivity index (χ0) is 13.8. The molecule has 0 aromatic carbocycles. The number of fused-ring (bicyclic) bond motifs is 1. The predicted molar refractivity (Wildman–Crippen MR) is 76.7 cm³/mol. The van der Waals surface area contributed by atoms with E-state index in [1.165, 1.54) is 4.90 Å². The lowest BCUT2D eigenvalue weighted by Gasteiger charge is -2.29. The number of aliphatic imine (C=N–C) groups is 1. The summed E-state index contributed by atoms with van der Waals surface area (Å²) in [5, 5.41) is 2.73. The first-order chi connectivity index (χ1) is 9.13. The van der Waals surface area contributed by atoms with Crippen LogP contribution in [0.25, 0.3) is 0 Å². The van der Waals surface area contributed by atoms with Crippen LogP contribution in [0.3, 0.4) is 0 Å². The second-order valence-electron chi connectivity index (χ2n) is 4.06. The van der Waals surface area contributed by atoms with E-state index in [1.54, 1.807) is 30.4 Å². The Labute approximate surface area is 116 Å². The fourth-order valence-electron chi connectivity index (χ4n) is 1.81. The van der Waals surface area contributed by atoms with Crippen LogP contribution >= 0.6 is 12.2 Å². The molecular formula is C13H13N3O2S. The number of hydrogen-bond donors (Lipinski definition) is 1. The van der Waals surface area contributed by atoms with Crippen molar-refractivity contribution in [3.05, 3.63) is 37.0 Å². The molecule has 0 radical (unpaired) electrons. The largest absolute Gasteiger partial charge is 0.351 e. The van der Waals surface area contributed by atoms with Gasteiger partial charge in [0.25, 0.3) is 0 Å². The van der Waals surface area contributed by atoms with Crippen LogP contribution in [0.4, 0.5) is 0 Å². The van der Waals surface area contributed by atoms with E-state index in [2.05, 4.69) is 16.9 Å². The van der Waals surface area contributed by atoms with Crippen LogP contribution in [0.2, 0.25) is 0 Å². The molecule has 6 heteroatoms. The van der Waals surface area contributed by atoms with Gasteiger partial charge in [-0.3, -0.25) is 14.5 Å². The van der Waals surface area contributed by atoms with Gasteiger partial charge >= 0.3 is 0 Å². The Bertz CT molecular complexity index is 534. The number of hydrogen-bond acceptors (Lipinski definition) is 3. The second kappa shape index (κ2) is 5.71. The van der Waals surface area contributed by atoms with Gasteiger partial charge < -0.3 is 5.32 Å². The van der Waals surface area contributed by atoms with Crippen LogP contribution in [0.15, 0.2) is 42.0 Å². The Hall–Kier alpha value is -2.08. The molecule has 19 heavy (non-hydrogen) atoms. The molecule has 1 N–H and O–H groups in total. The normalized spacial score (nSPS) is 20.9. The maximum atomic E-state index is 12.3. The van der Waals surface area contributed by atoms with Crippen molar-refractivity contribution < 1.29 is 9.59 Å². The number of allylic oxidation sites excluding steroid dienone is 3. The molecule has 0 spiro atoms. The molecular weight excluding hydrogens is 262 g/mol. The van der Waals surface area contributed by atoms with Crippen molar-refractivity contribution >= 4 is 34.9 Å². The molecule has 0 bridgehead atoms. The second-order valence-corrected chi connectivity index (χ2v) is 4.42. The topological polar surface area (TPSA) is 61.8 Å². The average molecular weight is 275 g/mol. The summed E-state index contributed by atoms with van der Waals surface area (Å²) in [6.45, 7) is 3.74. The Kier molecular flexibility index (Phi) is 4.01. The summed E-state index contributed by atoms with van der Waals surface area (Å²) in [4.78, 5) is 29.3. The summed E-state index contributed by atoms with van der Waals surface area (Å²) in [6.07, 6.45) is 8.66.